The molecule has 1 unspecified atom stereocenters. The van der Waals surface area contributed by atoms with E-state index < -0.39 is 6.10 Å². The number of hydrogen-bond acceptors (Lipinski definition) is 3. The third-order valence-electron chi connectivity index (χ3n) is 3.01. The fraction of sp³-hybridized carbons (Fsp3) is 0.188. The molecule has 0 radical (unpaired) electrons. The van der Waals surface area contributed by atoms with Gasteiger partial charge in [0.15, 0.2) is 0 Å². The van der Waals surface area contributed by atoms with Crippen molar-refractivity contribution < 1.29 is 9.90 Å². The maximum Gasteiger partial charge on any atom is 0.255 e. The largest absolute Gasteiger partial charge is 0.389 e. The van der Waals surface area contributed by atoms with Crippen LogP contribution in [0, 0.1) is 0 Å². The Morgan fingerprint density at radius 2 is 1.80 bits per heavy atom. The Labute approximate surface area is 123 Å². The Kier molecular flexibility index (Phi) is 4.82. The van der Waals surface area contributed by atoms with Gasteiger partial charge in [-0.05, 0) is 43.5 Å². The number of hydrogen-bond donors (Lipinski definition) is 2. The maximum absolute atomic E-state index is 12.2. The summed E-state index contributed by atoms with van der Waals surface area (Å²) in [5.41, 5.74) is 1.95. The number of benzene rings is 2. The van der Waals surface area contributed by atoms with Crippen molar-refractivity contribution in [3.8, 4) is 0 Å². The Bertz CT molecular complexity index is 594. The summed E-state index contributed by atoms with van der Waals surface area (Å²) in [7, 11) is 0. The molecule has 0 saturated heterocycles. The van der Waals surface area contributed by atoms with Gasteiger partial charge in [-0.2, -0.15) is 0 Å². The molecule has 0 saturated carbocycles. The van der Waals surface area contributed by atoms with Crippen LogP contribution in [0.15, 0.2) is 53.4 Å². The van der Waals surface area contributed by atoms with Gasteiger partial charge in [0.05, 0.1) is 6.10 Å². The molecule has 0 aliphatic heterocycles. The molecule has 0 aromatic heterocycles. The minimum Gasteiger partial charge on any atom is -0.389 e. The summed E-state index contributed by atoms with van der Waals surface area (Å²) in [6.45, 7) is 1.68. The van der Waals surface area contributed by atoms with Gasteiger partial charge in [0.1, 0.15) is 0 Å². The Morgan fingerprint density at radius 3 is 2.40 bits per heavy atom. The van der Waals surface area contributed by atoms with Crippen LogP contribution in [-0.2, 0) is 0 Å². The van der Waals surface area contributed by atoms with Gasteiger partial charge in [-0.1, -0.05) is 18.2 Å². The van der Waals surface area contributed by atoms with Crippen molar-refractivity contribution in [3.05, 3.63) is 59.7 Å². The van der Waals surface area contributed by atoms with Gasteiger partial charge in [0.25, 0.3) is 5.91 Å². The number of carbonyl (C=O) groups excluding carboxylic acids is 1. The molecule has 0 fully saturated rings. The number of anilines is 1. The second-order valence-corrected chi connectivity index (χ2v) is 5.33. The zero-order chi connectivity index (χ0) is 14.5. The Hall–Kier alpha value is -1.78. The lowest BCUT2D eigenvalue weighted by molar-refractivity contribution is 0.102. The molecular formula is C16H17NO2S. The number of nitrogens with one attached hydrogen (secondary N) is 1. The number of rotatable bonds is 4. The number of aliphatic hydroxyl groups is 1. The van der Waals surface area contributed by atoms with Crippen molar-refractivity contribution in [3.63, 3.8) is 0 Å². The van der Waals surface area contributed by atoms with Gasteiger partial charge in [-0.15, -0.1) is 11.8 Å². The topological polar surface area (TPSA) is 49.3 Å². The number of aliphatic hydroxyl groups excluding tert-OH is 1. The first-order valence-corrected chi connectivity index (χ1v) is 7.56. The van der Waals surface area contributed by atoms with Gasteiger partial charge < -0.3 is 10.4 Å². The van der Waals surface area contributed by atoms with E-state index in [1.54, 1.807) is 43.0 Å². The van der Waals surface area contributed by atoms with Crippen LogP contribution in [0.2, 0.25) is 0 Å². The van der Waals surface area contributed by atoms with Crippen LogP contribution in [-0.4, -0.2) is 17.3 Å². The zero-order valence-electron chi connectivity index (χ0n) is 11.5. The number of amides is 1. The molecule has 0 aliphatic carbocycles. The van der Waals surface area contributed by atoms with Gasteiger partial charge >= 0.3 is 0 Å². The van der Waals surface area contributed by atoms with Crippen molar-refractivity contribution in [1.82, 2.24) is 0 Å². The van der Waals surface area contributed by atoms with E-state index in [9.17, 15) is 9.90 Å². The molecule has 0 heterocycles. The second-order valence-electron chi connectivity index (χ2n) is 4.45. The van der Waals surface area contributed by atoms with E-state index >= 15 is 0 Å². The quantitative estimate of drug-likeness (QED) is 0.843. The fourth-order valence-corrected chi connectivity index (χ4v) is 2.32. The first-order valence-electron chi connectivity index (χ1n) is 6.34. The first kappa shape index (κ1) is 14.6. The highest BCUT2D eigenvalue weighted by molar-refractivity contribution is 7.98. The SMILES string of the molecule is CSc1ccc(C(=O)Nc2ccccc2C(C)O)cc1. The molecule has 0 spiro atoms. The maximum atomic E-state index is 12.2. The Morgan fingerprint density at radius 1 is 1.15 bits per heavy atom. The van der Waals surface area contributed by atoms with Crippen LogP contribution in [0.3, 0.4) is 0 Å². The van der Waals surface area contributed by atoms with Crippen LogP contribution in [0.25, 0.3) is 0 Å². The standard InChI is InChI=1S/C16H17NO2S/c1-11(18)14-5-3-4-6-15(14)17-16(19)12-7-9-13(20-2)10-8-12/h3-11,18H,1-2H3,(H,17,19). The van der Waals surface area contributed by atoms with E-state index in [1.165, 1.54) is 0 Å². The van der Waals surface area contributed by atoms with Crippen molar-refractivity contribution in [2.75, 3.05) is 11.6 Å². The predicted molar refractivity (Wildman–Crippen MR) is 83.3 cm³/mol. The highest BCUT2D eigenvalue weighted by Crippen LogP contribution is 2.23. The molecule has 1 amide bonds. The molecule has 4 heteroatoms. The van der Waals surface area contributed by atoms with Crippen molar-refractivity contribution in [1.29, 1.82) is 0 Å². The van der Waals surface area contributed by atoms with Crippen LogP contribution >= 0.6 is 11.8 Å². The lowest BCUT2D eigenvalue weighted by Gasteiger charge is -2.13. The fourth-order valence-electron chi connectivity index (χ4n) is 1.91. The van der Waals surface area contributed by atoms with Crippen molar-refractivity contribution in [2.45, 2.75) is 17.9 Å². The van der Waals surface area contributed by atoms with E-state index in [1.807, 2.05) is 30.5 Å². The summed E-state index contributed by atoms with van der Waals surface area (Å²) in [5, 5.41) is 12.5. The summed E-state index contributed by atoms with van der Waals surface area (Å²) in [6.07, 6.45) is 1.37. The number of carbonyl (C=O) groups is 1. The van der Waals surface area contributed by atoms with E-state index in [-0.39, 0.29) is 5.91 Å². The monoisotopic (exact) mass is 287 g/mol. The van der Waals surface area contributed by atoms with Crippen LogP contribution in [0.4, 0.5) is 5.69 Å². The van der Waals surface area contributed by atoms with E-state index in [0.29, 0.717) is 16.8 Å². The summed E-state index contributed by atoms with van der Waals surface area (Å²) >= 11 is 1.63. The van der Waals surface area contributed by atoms with Gasteiger partial charge in [0.2, 0.25) is 0 Å². The lowest BCUT2D eigenvalue weighted by atomic mass is 10.1. The summed E-state index contributed by atoms with van der Waals surface area (Å²) < 4.78 is 0. The highest BCUT2D eigenvalue weighted by atomic mass is 32.2. The minimum atomic E-state index is -0.620. The van der Waals surface area contributed by atoms with Crippen LogP contribution in [0.1, 0.15) is 28.9 Å². The molecule has 1 atom stereocenters. The zero-order valence-corrected chi connectivity index (χ0v) is 12.3. The summed E-state index contributed by atoms with van der Waals surface area (Å²) in [5.74, 6) is -0.175. The van der Waals surface area contributed by atoms with Crippen molar-refractivity contribution in [2.24, 2.45) is 0 Å². The number of thioether (sulfide) groups is 1. The van der Waals surface area contributed by atoms with Crippen LogP contribution < -0.4 is 5.32 Å². The van der Waals surface area contributed by atoms with E-state index in [2.05, 4.69) is 5.32 Å². The molecular weight excluding hydrogens is 270 g/mol. The molecule has 0 aliphatic rings. The number of para-hydroxylation sites is 1. The molecule has 2 aromatic rings. The Balaban J connectivity index is 2.19. The second kappa shape index (κ2) is 6.59. The van der Waals surface area contributed by atoms with Crippen LogP contribution in [0.5, 0.6) is 0 Å². The average Bonchev–Trinajstić information content (AvgIpc) is 2.47. The average molecular weight is 287 g/mol. The third kappa shape index (κ3) is 3.40. The normalized spacial score (nSPS) is 11.9. The molecule has 2 N–H and O–H groups in total. The summed E-state index contributed by atoms with van der Waals surface area (Å²) in [6, 6.07) is 14.7. The highest BCUT2D eigenvalue weighted by Gasteiger charge is 2.11. The lowest BCUT2D eigenvalue weighted by Crippen LogP contribution is -2.13. The summed E-state index contributed by atoms with van der Waals surface area (Å²) in [4.78, 5) is 13.3. The minimum absolute atomic E-state index is 0.175. The molecule has 3 nitrogen and oxygen atoms in total. The van der Waals surface area contributed by atoms with Gasteiger partial charge in [-0.25, -0.2) is 0 Å². The molecule has 20 heavy (non-hydrogen) atoms. The van der Waals surface area contributed by atoms with E-state index in [0.717, 1.165) is 4.90 Å². The van der Waals surface area contributed by atoms with Crippen molar-refractivity contribution >= 4 is 23.4 Å². The molecule has 2 rings (SSSR count). The van der Waals surface area contributed by atoms with Gasteiger partial charge in [0, 0.05) is 21.7 Å². The first-order chi connectivity index (χ1) is 9.61. The van der Waals surface area contributed by atoms with E-state index in [4.69, 9.17) is 0 Å². The molecule has 104 valence electrons. The molecule has 2 aromatic carbocycles. The smallest absolute Gasteiger partial charge is 0.255 e. The predicted octanol–water partition coefficient (Wildman–Crippen LogP) is 3.71. The molecule has 0 bridgehead atoms. The van der Waals surface area contributed by atoms with Gasteiger partial charge in [-0.3, -0.25) is 4.79 Å². The third-order valence-corrected chi connectivity index (χ3v) is 3.75.